The molecular weight excluding hydrogens is 272 g/mol. The molecule has 6 heteroatoms. The SMILES string of the molecule is CC1Cc2ccccc2N1C(=O)NC(=O)CCCC(=O)O. The van der Waals surface area contributed by atoms with E-state index in [-0.39, 0.29) is 25.3 Å². The van der Waals surface area contributed by atoms with Crippen LogP contribution >= 0.6 is 0 Å². The van der Waals surface area contributed by atoms with E-state index in [4.69, 9.17) is 5.11 Å². The molecule has 0 aromatic heterocycles. The first-order valence-electron chi connectivity index (χ1n) is 6.92. The maximum Gasteiger partial charge on any atom is 0.328 e. The molecule has 1 aliphatic heterocycles. The van der Waals surface area contributed by atoms with Crippen LogP contribution in [0.15, 0.2) is 24.3 Å². The maximum absolute atomic E-state index is 12.2. The van der Waals surface area contributed by atoms with Crippen molar-refractivity contribution in [2.75, 3.05) is 4.90 Å². The van der Waals surface area contributed by atoms with Crippen molar-refractivity contribution >= 4 is 23.6 Å². The van der Waals surface area contributed by atoms with Gasteiger partial charge in [-0.05, 0) is 31.4 Å². The number of urea groups is 1. The Morgan fingerprint density at radius 2 is 2.00 bits per heavy atom. The van der Waals surface area contributed by atoms with Crippen LogP contribution in [-0.4, -0.2) is 29.1 Å². The molecule has 0 spiro atoms. The monoisotopic (exact) mass is 290 g/mol. The number of amides is 3. The minimum atomic E-state index is -0.948. The standard InChI is InChI=1S/C15H18N2O4/c1-10-9-11-5-2-3-6-12(11)17(10)15(21)16-13(18)7-4-8-14(19)20/h2-3,5-6,10H,4,7-9H2,1H3,(H,19,20)(H,16,18,21). The van der Waals surface area contributed by atoms with Gasteiger partial charge in [-0.25, -0.2) is 4.79 Å². The Morgan fingerprint density at radius 3 is 2.71 bits per heavy atom. The molecule has 21 heavy (non-hydrogen) atoms. The van der Waals surface area contributed by atoms with Crippen LogP contribution < -0.4 is 10.2 Å². The first-order chi connectivity index (χ1) is 9.99. The van der Waals surface area contributed by atoms with Crippen molar-refractivity contribution < 1.29 is 19.5 Å². The fraction of sp³-hybridized carbons (Fsp3) is 0.400. The quantitative estimate of drug-likeness (QED) is 0.887. The number of para-hydroxylation sites is 1. The largest absolute Gasteiger partial charge is 0.481 e. The Kier molecular flexibility index (Phi) is 4.57. The van der Waals surface area contributed by atoms with Crippen molar-refractivity contribution in [3.8, 4) is 0 Å². The van der Waals surface area contributed by atoms with E-state index >= 15 is 0 Å². The summed E-state index contributed by atoms with van der Waals surface area (Å²) in [5, 5.41) is 10.8. The number of rotatable bonds is 4. The van der Waals surface area contributed by atoms with Crippen LogP contribution in [-0.2, 0) is 16.0 Å². The topological polar surface area (TPSA) is 86.7 Å². The van der Waals surface area contributed by atoms with E-state index in [9.17, 15) is 14.4 Å². The highest BCUT2D eigenvalue weighted by atomic mass is 16.4. The number of fused-ring (bicyclic) bond motifs is 1. The second kappa shape index (κ2) is 6.39. The molecule has 3 amide bonds. The fourth-order valence-corrected chi connectivity index (χ4v) is 2.52. The number of nitrogens with zero attached hydrogens (tertiary/aromatic N) is 1. The number of hydrogen-bond acceptors (Lipinski definition) is 3. The third kappa shape index (κ3) is 3.59. The van der Waals surface area contributed by atoms with Crippen molar-refractivity contribution in [1.29, 1.82) is 0 Å². The summed E-state index contributed by atoms with van der Waals surface area (Å²) in [5.74, 6) is -1.39. The summed E-state index contributed by atoms with van der Waals surface area (Å²) in [6.45, 7) is 1.93. The number of anilines is 1. The summed E-state index contributed by atoms with van der Waals surface area (Å²) >= 11 is 0. The third-order valence-corrected chi connectivity index (χ3v) is 3.47. The van der Waals surface area contributed by atoms with Crippen molar-refractivity contribution in [3.05, 3.63) is 29.8 Å². The van der Waals surface area contributed by atoms with Gasteiger partial charge in [-0.2, -0.15) is 0 Å². The van der Waals surface area contributed by atoms with Crippen molar-refractivity contribution in [2.45, 2.75) is 38.6 Å². The number of benzene rings is 1. The Labute approximate surface area is 122 Å². The highest BCUT2D eigenvalue weighted by Crippen LogP contribution is 2.31. The van der Waals surface area contributed by atoms with Crippen LogP contribution in [0, 0.1) is 0 Å². The minimum absolute atomic E-state index is 0.00535. The summed E-state index contributed by atoms with van der Waals surface area (Å²) in [6, 6.07) is 7.14. The summed E-state index contributed by atoms with van der Waals surface area (Å²) in [7, 11) is 0. The van der Waals surface area contributed by atoms with E-state index < -0.39 is 17.9 Å². The van der Waals surface area contributed by atoms with Gasteiger partial charge in [0, 0.05) is 24.6 Å². The van der Waals surface area contributed by atoms with Gasteiger partial charge in [0.2, 0.25) is 5.91 Å². The Balaban J connectivity index is 1.94. The van der Waals surface area contributed by atoms with Crippen molar-refractivity contribution in [3.63, 3.8) is 0 Å². The van der Waals surface area contributed by atoms with Crippen LogP contribution in [0.3, 0.4) is 0 Å². The molecule has 1 aromatic carbocycles. The lowest BCUT2D eigenvalue weighted by atomic mass is 10.1. The van der Waals surface area contributed by atoms with E-state index in [1.165, 1.54) is 0 Å². The molecule has 1 unspecified atom stereocenters. The molecule has 2 rings (SSSR count). The summed E-state index contributed by atoms with van der Waals surface area (Å²) in [5.41, 5.74) is 1.90. The molecule has 0 fully saturated rings. The van der Waals surface area contributed by atoms with E-state index in [0.29, 0.717) is 0 Å². The zero-order valence-electron chi connectivity index (χ0n) is 11.8. The Hall–Kier alpha value is -2.37. The van der Waals surface area contributed by atoms with Gasteiger partial charge >= 0.3 is 12.0 Å². The maximum atomic E-state index is 12.2. The number of carboxylic acids is 1. The molecule has 1 aliphatic rings. The first kappa shape index (κ1) is 15.0. The van der Waals surface area contributed by atoms with Crippen LogP contribution in [0.1, 0.15) is 31.7 Å². The summed E-state index contributed by atoms with van der Waals surface area (Å²) in [4.78, 5) is 35.8. The van der Waals surface area contributed by atoms with E-state index in [1.807, 2.05) is 31.2 Å². The van der Waals surface area contributed by atoms with Crippen molar-refractivity contribution in [2.24, 2.45) is 0 Å². The number of aliphatic carboxylic acids is 1. The van der Waals surface area contributed by atoms with Gasteiger partial charge in [-0.15, -0.1) is 0 Å². The zero-order valence-corrected chi connectivity index (χ0v) is 11.8. The highest BCUT2D eigenvalue weighted by Gasteiger charge is 2.31. The average Bonchev–Trinajstić information content (AvgIpc) is 2.73. The highest BCUT2D eigenvalue weighted by molar-refractivity contribution is 6.04. The van der Waals surface area contributed by atoms with E-state index in [0.717, 1.165) is 17.7 Å². The predicted molar refractivity (Wildman–Crippen MR) is 77.1 cm³/mol. The molecule has 112 valence electrons. The predicted octanol–water partition coefficient (Wildman–Crippen LogP) is 1.93. The molecule has 0 aliphatic carbocycles. The molecule has 2 N–H and O–H groups in total. The van der Waals surface area contributed by atoms with Gasteiger partial charge in [-0.1, -0.05) is 18.2 Å². The number of carbonyl (C=O) groups is 3. The second-order valence-electron chi connectivity index (χ2n) is 5.15. The van der Waals surface area contributed by atoms with E-state index in [2.05, 4.69) is 5.32 Å². The second-order valence-corrected chi connectivity index (χ2v) is 5.15. The van der Waals surface area contributed by atoms with Crippen LogP contribution in [0.2, 0.25) is 0 Å². The van der Waals surface area contributed by atoms with Crippen LogP contribution in [0.4, 0.5) is 10.5 Å². The molecule has 0 bridgehead atoms. The lowest BCUT2D eigenvalue weighted by Gasteiger charge is -2.22. The summed E-state index contributed by atoms with van der Waals surface area (Å²) < 4.78 is 0. The van der Waals surface area contributed by atoms with Crippen LogP contribution in [0.25, 0.3) is 0 Å². The first-order valence-corrected chi connectivity index (χ1v) is 6.92. The number of carboxylic acid groups (broad SMARTS) is 1. The molecule has 1 atom stereocenters. The average molecular weight is 290 g/mol. The van der Waals surface area contributed by atoms with Gasteiger partial charge < -0.3 is 5.11 Å². The molecule has 0 saturated heterocycles. The third-order valence-electron chi connectivity index (χ3n) is 3.47. The number of imide groups is 1. The minimum Gasteiger partial charge on any atom is -0.481 e. The van der Waals surface area contributed by atoms with Gasteiger partial charge in [0.25, 0.3) is 0 Å². The molecule has 0 saturated carbocycles. The van der Waals surface area contributed by atoms with Crippen molar-refractivity contribution in [1.82, 2.24) is 5.32 Å². The normalized spacial score (nSPS) is 16.4. The number of hydrogen-bond donors (Lipinski definition) is 2. The number of nitrogens with one attached hydrogen (secondary N) is 1. The van der Waals surface area contributed by atoms with Gasteiger partial charge in [-0.3, -0.25) is 19.8 Å². The molecule has 1 aromatic rings. The Morgan fingerprint density at radius 1 is 1.29 bits per heavy atom. The van der Waals surface area contributed by atoms with Gasteiger partial charge in [0.15, 0.2) is 0 Å². The lowest BCUT2D eigenvalue weighted by Crippen LogP contribution is -2.45. The molecule has 6 nitrogen and oxygen atoms in total. The number of carbonyl (C=O) groups excluding carboxylic acids is 2. The van der Waals surface area contributed by atoms with Gasteiger partial charge in [0.1, 0.15) is 0 Å². The van der Waals surface area contributed by atoms with E-state index in [1.54, 1.807) is 4.90 Å². The lowest BCUT2D eigenvalue weighted by molar-refractivity contribution is -0.137. The zero-order chi connectivity index (χ0) is 15.4. The Bertz CT molecular complexity index is 571. The molecular formula is C15H18N2O4. The fourth-order valence-electron chi connectivity index (χ4n) is 2.52. The summed E-state index contributed by atoms with van der Waals surface area (Å²) in [6.07, 6.45) is 0.934. The van der Waals surface area contributed by atoms with Crippen LogP contribution in [0.5, 0.6) is 0 Å². The smallest absolute Gasteiger partial charge is 0.328 e. The molecule has 0 radical (unpaired) electrons. The molecule has 1 heterocycles. The van der Waals surface area contributed by atoms with Gasteiger partial charge in [0.05, 0.1) is 0 Å².